The number of hydrogen-bond acceptors (Lipinski definition) is 22. The molecule has 512 valence electrons. The number of nitro benzene ring substituents is 1. The highest BCUT2D eigenvalue weighted by atomic mass is 32.2. The molecule has 0 aromatic heterocycles. The fraction of sp³-hybridized carbons (Fsp3) is 0.763. The van der Waals surface area contributed by atoms with Crippen molar-refractivity contribution in [1.82, 2.24) is 35.8 Å². The Bertz CT molecular complexity index is 2790. The SMILES string of the molecule is CN(C(=O)OC(C)(C)C)[C@@H]1[C@@H](O)[C@@H](O[C@@H]2[C@@H](O)[C@H](C3OC(CN(CCCCCNC(=O)OC(C)(C)C)S(=O)(=O)c4ccccc4[N+](=O)[O-])=CC[C@H]3NC(=O)OC(C)(C)C)[C@@H](NC(=O)OC(C)(C)C)C[C@H]2NC(=O)[C@@H](O)CCNC(=O)OC(C)(C)C)OC[C@]1(C)O. The molecule has 31 heteroatoms. The summed E-state index contributed by atoms with van der Waals surface area (Å²) < 4.78 is 77.4. The number of nitro groups is 1. The van der Waals surface area contributed by atoms with Crippen molar-refractivity contribution >= 4 is 52.1 Å². The summed E-state index contributed by atoms with van der Waals surface area (Å²) in [5.41, 5.74) is -7.55. The van der Waals surface area contributed by atoms with E-state index in [-0.39, 0.29) is 44.7 Å². The number of carbonyl (C=O) groups is 6. The number of benzene rings is 1. The number of amides is 6. The highest BCUT2D eigenvalue weighted by molar-refractivity contribution is 7.89. The number of unbranched alkanes of at least 4 members (excludes halogenated alkanes) is 2. The van der Waals surface area contributed by atoms with Gasteiger partial charge in [0, 0.05) is 44.7 Å². The van der Waals surface area contributed by atoms with Crippen LogP contribution in [0.4, 0.5) is 29.7 Å². The average molecular weight is 1300 g/mol. The van der Waals surface area contributed by atoms with E-state index >= 15 is 0 Å². The third kappa shape index (κ3) is 23.7. The third-order valence-corrected chi connectivity index (χ3v) is 15.7. The van der Waals surface area contributed by atoms with E-state index in [2.05, 4.69) is 26.6 Å². The Morgan fingerprint density at radius 1 is 0.733 bits per heavy atom. The number of nitrogens with zero attached hydrogens (tertiary/aromatic N) is 3. The van der Waals surface area contributed by atoms with Crippen molar-refractivity contribution in [3.05, 3.63) is 46.2 Å². The number of nitrogens with one attached hydrogen (secondary N) is 5. The molecular formula is C59H98N8O22S. The second-order valence-electron chi connectivity index (χ2n) is 27.9. The molecule has 30 nitrogen and oxygen atoms in total. The Morgan fingerprint density at radius 2 is 1.26 bits per heavy atom. The zero-order valence-corrected chi connectivity index (χ0v) is 55.7. The first-order chi connectivity index (χ1) is 41.2. The van der Waals surface area contributed by atoms with Gasteiger partial charge in [0.15, 0.2) is 11.2 Å². The number of ether oxygens (including phenoxy) is 8. The summed E-state index contributed by atoms with van der Waals surface area (Å²) in [5, 5.41) is 74.1. The van der Waals surface area contributed by atoms with Gasteiger partial charge in [0.1, 0.15) is 63.8 Å². The van der Waals surface area contributed by atoms with Crippen molar-refractivity contribution in [2.24, 2.45) is 5.92 Å². The van der Waals surface area contributed by atoms with Crippen molar-refractivity contribution in [2.45, 2.75) is 249 Å². The molecule has 6 amide bonds. The number of likely N-dealkylation sites (N-methyl/N-ethyl adjacent to an activating group) is 1. The first-order valence-corrected chi connectivity index (χ1v) is 31.4. The van der Waals surface area contributed by atoms with Gasteiger partial charge in [-0.25, -0.2) is 32.4 Å². The molecule has 2 fully saturated rings. The number of aliphatic hydroxyl groups excluding tert-OH is 3. The molecule has 1 saturated carbocycles. The zero-order valence-electron chi connectivity index (χ0n) is 54.9. The van der Waals surface area contributed by atoms with Gasteiger partial charge in [-0.3, -0.25) is 14.9 Å². The molecule has 0 spiro atoms. The zero-order chi connectivity index (χ0) is 68.3. The summed E-state index contributed by atoms with van der Waals surface area (Å²) in [6.45, 7) is 24.1. The molecule has 1 aromatic carbocycles. The van der Waals surface area contributed by atoms with Crippen LogP contribution in [0.1, 0.15) is 149 Å². The van der Waals surface area contributed by atoms with Gasteiger partial charge in [-0.15, -0.1) is 0 Å². The maximum absolute atomic E-state index is 14.8. The summed E-state index contributed by atoms with van der Waals surface area (Å²) in [7, 11) is -3.52. The van der Waals surface area contributed by atoms with Crippen LogP contribution in [0.5, 0.6) is 0 Å². The molecule has 1 unspecified atom stereocenters. The highest BCUT2D eigenvalue weighted by Crippen LogP contribution is 2.40. The molecule has 12 atom stereocenters. The standard InChI is InChI=1S/C59H98N8O22S/c1-54(2,3)85-49(72)60-28-21-18-22-30-66(90(80,81)40-24-20-19-23-38(40)67(78)79)32-34-25-26-35(63-51(74)87-56(7,8)9)44(83-34)41-36(64-52(75)88-57(10,11)12)31-37(62-47(71)39(68)27-29-61-50(73)86-55(4,5)6)45(42(41)69)84-48-43(70)46(59(16,77)33-82-48)65(17)53(76)89-58(13,14)15/h19-20,23-25,35-37,39,41-46,48,68-70,77H,18,21-22,26-33H2,1-17H3,(H,60,72)(H,61,73)(H,62,71)(H,63,74)(H,64,75)/t35-,36+,37-,39+,41-,42+,43-,44?,45+,46-,48-,59+/m1/s1. The average Bonchev–Trinajstić information content (AvgIpc) is 0.796. The summed E-state index contributed by atoms with van der Waals surface area (Å²) in [6.07, 6.45) is -14.2. The smallest absolute Gasteiger partial charge is 0.410 e. The number of sulfonamides is 1. The molecule has 90 heavy (non-hydrogen) atoms. The van der Waals surface area contributed by atoms with E-state index in [1.54, 1.807) is 104 Å². The summed E-state index contributed by atoms with van der Waals surface area (Å²) in [4.78, 5) is 92.3. The van der Waals surface area contributed by atoms with Gasteiger partial charge in [0.05, 0.1) is 42.3 Å². The minimum absolute atomic E-state index is 0.100. The van der Waals surface area contributed by atoms with Crippen LogP contribution in [-0.4, -0.2) is 214 Å². The second-order valence-corrected chi connectivity index (χ2v) is 29.8. The molecule has 2 heterocycles. The second kappa shape index (κ2) is 30.8. The Hall–Kier alpha value is -6.35. The fourth-order valence-electron chi connectivity index (χ4n) is 10.2. The first kappa shape index (κ1) is 76.1. The predicted octanol–water partition coefficient (Wildman–Crippen LogP) is 4.97. The van der Waals surface area contributed by atoms with Crippen molar-refractivity contribution < 1.29 is 100 Å². The van der Waals surface area contributed by atoms with Gasteiger partial charge in [0.2, 0.25) is 15.9 Å². The number of alkyl carbamates (subject to hydrolysis) is 4. The maximum atomic E-state index is 14.8. The molecule has 0 bridgehead atoms. The van der Waals surface area contributed by atoms with Crippen LogP contribution in [0.2, 0.25) is 0 Å². The number of carbonyl (C=O) groups excluding carboxylic acids is 6. The molecule has 1 aliphatic carbocycles. The maximum Gasteiger partial charge on any atom is 0.410 e. The summed E-state index contributed by atoms with van der Waals surface area (Å²) in [5.74, 6) is -2.71. The van der Waals surface area contributed by atoms with Gasteiger partial charge in [-0.1, -0.05) is 18.6 Å². The molecule has 4 rings (SSSR count). The van der Waals surface area contributed by atoms with Gasteiger partial charge < -0.3 is 89.8 Å². The van der Waals surface area contributed by atoms with Crippen LogP contribution < -0.4 is 26.6 Å². The Kier molecular flexibility index (Phi) is 26.1. The van der Waals surface area contributed by atoms with Crippen LogP contribution in [-0.2, 0) is 52.7 Å². The third-order valence-electron chi connectivity index (χ3n) is 13.8. The van der Waals surface area contributed by atoms with Gasteiger partial charge >= 0.3 is 30.5 Å². The van der Waals surface area contributed by atoms with E-state index in [1.807, 2.05) is 0 Å². The molecule has 3 aliphatic rings. The lowest BCUT2D eigenvalue weighted by Gasteiger charge is -2.52. The van der Waals surface area contributed by atoms with Crippen LogP contribution in [0.15, 0.2) is 41.0 Å². The number of para-hydroxylation sites is 1. The quantitative estimate of drug-likeness (QED) is 0.0320. The predicted molar refractivity (Wildman–Crippen MR) is 324 cm³/mol. The highest BCUT2D eigenvalue weighted by Gasteiger charge is 2.57. The van der Waals surface area contributed by atoms with Crippen molar-refractivity contribution in [3.8, 4) is 0 Å². The Morgan fingerprint density at radius 3 is 1.80 bits per heavy atom. The van der Waals surface area contributed by atoms with Gasteiger partial charge in [0.25, 0.3) is 5.69 Å². The normalized spacial score (nSPS) is 25.4. The largest absolute Gasteiger partial charge is 0.491 e. The number of hydrogen-bond donors (Lipinski definition) is 9. The lowest BCUT2D eigenvalue weighted by molar-refractivity contribution is -0.387. The van der Waals surface area contributed by atoms with Crippen LogP contribution >= 0.6 is 0 Å². The van der Waals surface area contributed by atoms with Gasteiger partial charge in [-0.05, 0) is 155 Å². The van der Waals surface area contributed by atoms with E-state index in [1.165, 1.54) is 32.2 Å². The molecule has 1 aromatic rings. The fourth-order valence-corrected chi connectivity index (χ4v) is 11.8. The van der Waals surface area contributed by atoms with Crippen molar-refractivity contribution in [2.75, 3.05) is 39.8 Å². The lowest BCUT2D eigenvalue weighted by atomic mass is 9.72. The van der Waals surface area contributed by atoms with Crippen molar-refractivity contribution in [1.29, 1.82) is 0 Å². The van der Waals surface area contributed by atoms with E-state index in [0.29, 0.717) is 12.8 Å². The topological polar surface area (TPSA) is 401 Å². The monoisotopic (exact) mass is 1300 g/mol. The Labute approximate surface area is 527 Å². The molecular weight excluding hydrogens is 1200 g/mol. The minimum Gasteiger partial charge on any atom is -0.491 e. The van der Waals surface area contributed by atoms with Crippen molar-refractivity contribution in [3.63, 3.8) is 0 Å². The van der Waals surface area contributed by atoms with E-state index < -0.39 is 182 Å². The summed E-state index contributed by atoms with van der Waals surface area (Å²) >= 11 is 0. The molecule has 2 aliphatic heterocycles. The van der Waals surface area contributed by atoms with Crippen LogP contribution in [0, 0.1) is 16.0 Å². The minimum atomic E-state index is -4.79. The van der Waals surface area contributed by atoms with Gasteiger partial charge in [-0.2, -0.15) is 4.31 Å². The number of rotatable bonds is 22. The lowest BCUT2D eigenvalue weighted by Crippen LogP contribution is -2.71. The van der Waals surface area contributed by atoms with E-state index in [4.69, 9.17) is 37.9 Å². The molecule has 9 N–H and O–H groups in total. The molecule has 0 radical (unpaired) electrons. The van der Waals surface area contributed by atoms with Crippen LogP contribution in [0.25, 0.3) is 0 Å². The first-order valence-electron chi connectivity index (χ1n) is 30.0. The van der Waals surface area contributed by atoms with Crippen LogP contribution in [0.3, 0.4) is 0 Å². The van der Waals surface area contributed by atoms with E-state index in [0.717, 1.165) is 21.3 Å². The van der Waals surface area contributed by atoms with E-state index in [9.17, 15) is 67.7 Å². The Balaban J connectivity index is 1.90. The summed E-state index contributed by atoms with van der Waals surface area (Å²) in [6, 6.07) is -0.908. The number of aliphatic hydroxyl groups is 4. The molecule has 1 saturated heterocycles.